The normalized spacial score (nSPS) is 20.7. The summed E-state index contributed by atoms with van der Waals surface area (Å²) in [5.41, 5.74) is -0.539. The predicted molar refractivity (Wildman–Crippen MR) is 53.0 cm³/mol. The van der Waals surface area contributed by atoms with Crippen molar-refractivity contribution in [2.75, 3.05) is 0 Å². The third-order valence-electron chi connectivity index (χ3n) is 1.60. The zero-order valence-corrected chi connectivity index (χ0v) is 9.07. The van der Waals surface area contributed by atoms with Crippen LogP contribution >= 0.6 is 0 Å². The monoisotopic (exact) mass is 213 g/mol. The van der Waals surface area contributed by atoms with Crippen molar-refractivity contribution in [2.24, 2.45) is 0 Å². The minimum atomic E-state index is -0.539. The molecule has 1 rings (SSSR count). The molecule has 0 aliphatic carbocycles. The van der Waals surface area contributed by atoms with Gasteiger partial charge in [0.25, 0.3) is 0 Å². The van der Waals surface area contributed by atoms with E-state index >= 15 is 0 Å². The summed E-state index contributed by atoms with van der Waals surface area (Å²) >= 11 is 0. The molecule has 84 valence electrons. The smallest absolute Gasteiger partial charge is 0.408 e. The lowest BCUT2D eigenvalue weighted by atomic mass is 10.2. The Labute approximate surface area is 88.4 Å². The number of nitrogens with one attached hydrogen (secondary N) is 1. The van der Waals surface area contributed by atoms with Crippen LogP contribution in [0.25, 0.3) is 0 Å². The van der Waals surface area contributed by atoms with Crippen molar-refractivity contribution in [3.8, 4) is 0 Å². The van der Waals surface area contributed by atoms with Crippen molar-refractivity contribution in [2.45, 2.75) is 38.8 Å². The van der Waals surface area contributed by atoms with Crippen molar-refractivity contribution in [3.05, 3.63) is 12.3 Å². The lowest BCUT2D eigenvalue weighted by molar-refractivity contribution is -0.139. The Balaban J connectivity index is 2.41. The summed E-state index contributed by atoms with van der Waals surface area (Å²) in [6.45, 7) is 5.33. The standard InChI is InChI=1S/C10H15NO4/c1-10(2,3)15-9(13)11-7-4-5-14-8(12)6-7/h4-5,7H,6H2,1-3H3,(H,11,13). The molecule has 1 aliphatic rings. The SMILES string of the molecule is CC(C)(C)OC(=O)NC1C=COC(=O)C1. The van der Waals surface area contributed by atoms with E-state index in [9.17, 15) is 9.59 Å². The van der Waals surface area contributed by atoms with Gasteiger partial charge in [-0.15, -0.1) is 0 Å². The molecule has 0 saturated heterocycles. The Kier molecular flexibility index (Phi) is 3.34. The summed E-state index contributed by atoms with van der Waals surface area (Å²) < 4.78 is 9.62. The van der Waals surface area contributed by atoms with Gasteiger partial charge in [-0.1, -0.05) is 0 Å². The van der Waals surface area contributed by atoms with Crippen molar-refractivity contribution in [1.29, 1.82) is 0 Å². The molecular weight excluding hydrogens is 198 g/mol. The molecule has 1 atom stereocenters. The van der Waals surface area contributed by atoms with Crippen LogP contribution in [0.4, 0.5) is 4.79 Å². The van der Waals surface area contributed by atoms with Gasteiger partial charge < -0.3 is 14.8 Å². The van der Waals surface area contributed by atoms with E-state index in [1.165, 1.54) is 6.26 Å². The average molecular weight is 213 g/mol. The molecule has 5 nitrogen and oxygen atoms in total. The highest BCUT2D eigenvalue weighted by Crippen LogP contribution is 2.09. The molecule has 1 aliphatic heterocycles. The maximum Gasteiger partial charge on any atom is 0.408 e. The topological polar surface area (TPSA) is 64.6 Å². The minimum absolute atomic E-state index is 0.135. The van der Waals surface area contributed by atoms with Crippen LogP contribution < -0.4 is 5.32 Å². The number of esters is 1. The molecule has 0 bridgehead atoms. The van der Waals surface area contributed by atoms with Crippen molar-refractivity contribution in [1.82, 2.24) is 5.32 Å². The highest BCUT2D eigenvalue weighted by molar-refractivity contribution is 5.74. The van der Waals surface area contributed by atoms with E-state index in [0.717, 1.165) is 0 Å². The molecule has 0 aromatic rings. The van der Waals surface area contributed by atoms with Gasteiger partial charge in [0.05, 0.1) is 18.7 Å². The van der Waals surface area contributed by atoms with Crippen LogP contribution in [0.1, 0.15) is 27.2 Å². The summed E-state index contributed by atoms with van der Waals surface area (Å²) in [5, 5.41) is 2.56. The van der Waals surface area contributed by atoms with E-state index in [1.807, 2.05) is 0 Å². The Bertz CT molecular complexity index is 290. The van der Waals surface area contributed by atoms with Gasteiger partial charge >= 0.3 is 12.1 Å². The fourth-order valence-electron chi connectivity index (χ4n) is 1.06. The Hall–Kier alpha value is -1.52. The molecule has 15 heavy (non-hydrogen) atoms. The Morgan fingerprint density at radius 1 is 1.60 bits per heavy atom. The van der Waals surface area contributed by atoms with Crippen LogP contribution in [0.3, 0.4) is 0 Å². The second-order valence-electron chi connectivity index (χ2n) is 4.28. The maximum atomic E-state index is 11.3. The molecular formula is C10H15NO4. The van der Waals surface area contributed by atoms with Crippen LogP contribution in [0.15, 0.2) is 12.3 Å². The van der Waals surface area contributed by atoms with E-state index < -0.39 is 11.7 Å². The van der Waals surface area contributed by atoms with Gasteiger partial charge in [0.1, 0.15) is 5.60 Å². The number of cyclic esters (lactones) is 1. The molecule has 0 aromatic carbocycles. The lowest BCUT2D eigenvalue weighted by Gasteiger charge is -2.22. The van der Waals surface area contributed by atoms with Gasteiger partial charge in [0, 0.05) is 0 Å². The first-order valence-corrected chi connectivity index (χ1v) is 4.72. The Morgan fingerprint density at radius 2 is 2.27 bits per heavy atom. The van der Waals surface area contributed by atoms with Crippen LogP contribution in [0, 0.1) is 0 Å². The van der Waals surface area contributed by atoms with Crippen LogP contribution in [-0.2, 0) is 14.3 Å². The van der Waals surface area contributed by atoms with Gasteiger partial charge in [-0.2, -0.15) is 0 Å². The molecule has 1 amide bonds. The zero-order valence-electron chi connectivity index (χ0n) is 9.07. The minimum Gasteiger partial charge on any atom is -0.444 e. The largest absolute Gasteiger partial charge is 0.444 e. The van der Waals surface area contributed by atoms with Crippen molar-refractivity contribution < 1.29 is 19.1 Å². The highest BCUT2D eigenvalue weighted by Gasteiger charge is 2.21. The molecule has 0 spiro atoms. The van der Waals surface area contributed by atoms with Gasteiger partial charge in [-0.05, 0) is 26.8 Å². The summed E-state index contributed by atoms with van der Waals surface area (Å²) in [6, 6.07) is -0.346. The molecule has 5 heteroatoms. The number of carbonyl (C=O) groups excluding carboxylic acids is 2. The zero-order chi connectivity index (χ0) is 11.5. The van der Waals surface area contributed by atoms with Gasteiger partial charge in [0.2, 0.25) is 0 Å². The van der Waals surface area contributed by atoms with E-state index in [1.54, 1.807) is 26.8 Å². The number of hydrogen-bond donors (Lipinski definition) is 1. The van der Waals surface area contributed by atoms with Crippen molar-refractivity contribution >= 4 is 12.1 Å². The van der Waals surface area contributed by atoms with E-state index in [4.69, 9.17) is 4.74 Å². The first-order valence-electron chi connectivity index (χ1n) is 4.72. The molecule has 0 saturated carbocycles. The fourth-order valence-corrected chi connectivity index (χ4v) is 1.06. The van der Waals surface area contributed by atoms with E-state index in [2.05, 4.69) is 10.1 Å². The van der Waals surface area contributed by atoms with E-state index in [0.29, 0.717) is 0 Å². The lowest BCUT2D eigenvalue weighted by Crippen LogP contribution is -2.40. The second-order valence-corrected chi connectivity index (χ2v) is 4.28. The summed E-state index contributed by atoms with van der Waals surface area (Å²) in [5.74, 6) is -0.362. The quantitative estimate of drug-likeness (QED) is 0.667. The maximum absolute atomic E-state index is 11.3. The number of carbonyl (C=O) groups is 2. The van der Waals surface area contributed by atoms with Gasteiger partial charge in [-0.25, -0.2) is 4.79 Å². The number of hydrogen-bond acceptors (Lipinski definition) is 4. The summed E-state index contributed by atoms with van der Waals surface area (Å²) in [6.07, 6.45) is 2.47. The van der Waals surface area contributed by atoms with Crippen LogP contribution in [0.2, 0.25) is 0 Å². The van der Waals surface area contributed by atoms with Crippen molar-refractivity contribution in [3.63, 3.8) is 0 Å². The second kappa shape index (κ2) is 4.33. The number of ether oxygens (including phenoxy) is 2. The van der Waals surface area contributed by atoms with Gasteiger partial charge in [0.15, 0.2) is 0 Å². The van der Waals surface area contributed by atoms with Gasteiger partial charge in [-0.3, -0.25) is 4.79 Å². The molecule has 0 aromatic heterocycles. The summed E-state index contributed by atoms with van der Waals surface area (Å²) in [4.78, 5) is 22.2. The highest BCUT2D eigenvalue weighted by atomic mass is 16.6. The molecule has 0 radical (unpaired) electrons. The first-order chi connectivity index (χ1) is 6.87. The predicted octanol–water partition coefficient (Wildman–Crippen LogP) is 1.34. The fraction of sp³-hybridized carbons (Fsp3) is 0.600. The molecule has 1 unspecified atom stereocenters. The molecule has 1 heterocycles. The molecule has 0 fully saturated rings. The third kappa shape index (κ3) is 4.49. The third-order valence-corrected chi connectivity index (χ3v) is 1.60. The summed E-state index contributed by atoms with van der Waals surface area (Å²) in [7, 11) is 0. The number of amides is 1. The number of rotatable bonds is 1. The Morgan fingerprint density at radius 3 is 2.80 bits per heavy atom. The average Bonchev–Trinajstić information content (AvgIpc) is 1.99. The first kappa shape index (κ1) is 11.6. The van der Waals surface area contributed by atoms with E-state index in [-0.39, 0.29) is 18.4 Å². The number of alkyl carbamates (subject to hydrolysis) is 1. The molecule has 1 N–H and O–H groups in total. The van der Waals surface area contributed by atoms with Crippen LogP contribution in [0.5, 0.6) is 0 Å². The van der Waals surface area contributed by atoms with Crippen LogP contribution in [-0.4, -0.2) is 23.7 Å².